The average Bonchev–Trinajstić information content (AvgIpc) is 3.48. The van der Waals surface area contributed by atoms with Crippen LogP contribution in [0.3, 0.4) is 0 Å². The van der Waals surface area contributed by atoms with Crippen LogP contribution in [-0.2, 0) is 17.9 Å². The van der Waals surface area contributed by atoms with Crippen molar-refractivity contribution in [1.29, 1.82) is 0 Å². The van der Waals surface area contributed by atoms with Crippen molar-refractivity contribution in [2.45, 2.75) is 37.3 Å². The lowest BCUT2D eigenvalue weighted by atomic mass is 10.1. The fraction of sp³-hybridized carbons (Fsp3) is 0.240. The molecule has 0 saturated heterocycles. The van der Waals surface area contributed by atoms with Crippen molar-refractivity contribution in [2.75, 3.05) is 7.11 Å². The van der Waals surface area contributed by atoms with Crippen LogP contribution < -0.4 is 10.1 Å². The largest absolute Gasteiger partial charge is 0.497 e. The van der Waals surface area contributed by atoms with E-state index in [-0.39, 0.29) is 11.2 Å². The number of hydrogen-bond donors (Lipinski definition) is 1. The van der Waals surface area contributed by atoms with Crippen LogP contribution in [0.1, 0.15) is 23.8 Å². The van der Waals surface area contributed by atoms with Crippen LogP contribution in [-0.4, -0.2) is 33.0 Å². The fourth-order valence-corrected chi connectivity index (χ4v) is 4.24. The van der Waals surface area contributed by atoms with Crippen LogP contribution in [0.4, 0.5) is 0 Å². The molecule has 0 unspecified atom stereocenters. The predicted octanol–water partition coefficient (Wildman–Crippen LogP) is 4.70. The Kier molecular flexibility index (Phi) is 7.14. The number of furan rings is 1. The van der Waals surface area contributed by atoms with Gasteiger partial charge in [0.25, 0.3) is 0 Å². The van der Waals surface area contributed by atoms with Gasteiger partial charge in [0.1, 0.15) is 11.5 Å². The van der Waals surface area contributed by atoms with Gasteiger partial charge in [0.15, 0.2) is 11.0 Å². The number of carbonyl (C=O) groups excluding carboxylic acids is 1. The normalized spacial score (nSPS) is 11.8. The van der Waals surface area contributed by atoms with E-state index in [9.17, 15) is 4.79 Å². The molecule has 33 heavy (non-hydrogen) atoms. The summed E-state index contributed by atoms with van der Waals surface area (Å²) in [5, 5.41) is 12.1. The SMILES string of the molecule is COc1ccc(CNC(=O)[C@H](C)Sc2nnc(-c3cccc(C)c3)n2Cc2ccco2)cc1. The molecule has 0 saturated carbocycles. The summed E-state index contributed by atoms with van der Waals surface area (Å²) in [6, 6.07) is 19.5. The van der Waals surface area contributed by atoms with Crippen molar-refractivity contribution >= 4 is 17.7 Å². The minimum absolute atomic E-state index is 0.0690. The summed E-state index contributed by atoms with van der Waals surface area (Å²) in [5.74, 6) is 2.25. The van der Waals surface area contributed by atoms with Gasteiger partial charge in [-0.1, -0.05) is 47.7 Å². The highest BCUT2D eigenvalue weighted by Gasteiger charge is 2.21. The Bertz CT molecular complexity index is 1200. The van der Waals surface area contributed by atoms with Gasteiger partial charge in [0.05, 0.1) is 25.2 Å². The molecule has 1 atom stereocenters. The van der Waals surface area contributed by atoms with Crippen LogP contribution in [0.15, 0.2) is 76.5 Å². The molecule has 2 aromatic carbocycles. The van der Waals surface area contributed by atoms with E-state index < -0.39 is 0 Å². The number of thioether (sulfide) groups is 1. The monoisotopic (exact) mass is 462 g/mol. The van der Waals surface area contributed by atoms with E-state index in [1.165, 1.54) is 11.8 Å². The molecule has 0 aliphatic carbocycles. The smallest absolute Gasteiger partial charge is 0.233 e. The van der Waals surface area contributed by atoms with Crippen LogP contribution in [0.2, 0.25) is 0 Å². The maximum absolute atomic E-state index is 12.8. The topological polar surface area (TPSA) is 82.2 Å². The number of aryl methyl sites for hydroxylation is 1. The number of rotatable bonds is 9. The molecule has 0 fully saturated rings. The average molecular weight is 463 g/mol. The van der Waals surface area contributed by atoms with Crippen molar-refractivity contribution in [2.24, 2.45) is 0 Å². The molecule has 2 heterocycles. The summed E-state index contributed by atoms with van der Waals surface area (Å²) in [4.78, 5) is 12.8. The van der Waals surface area contributed by atoms with E-state index in [1.54, 1.807) is 13.4 Å². The Morgan fingerprint density at radius 2 is 1.97 bits per heavy atom. The summed E-state index contributed by atoms with van der Waals surface area (Å²) in [5.41, 5.74) is 3.11. The fourth-order valence-electron chi connectivity index (χ4n) is 3.36. The number of methoxy groups -OCH3 is 1. The van der Waals surface area contributed by atoms with E-state index in [2.05, 4.69) is 21.6 Å². The first-order valence-electron chi connectivity index (χ1n) is 10.6. The maximum atomic E-state index is 12.8. The Balaban J connectivity index is 1.49. The molecule has 4 rings (SSSR count). The summed E-state index contributed by atoms with van der Waals surface area (Å²) < 4.78 is 12.7. The Morgan fingerprint density at radius 3 is 2.67 bits per heavy atom. The number of ether oxygens (including phenoxy) is 1. The third kappa shape index (κ3) is 5.64. The number of nitrogens with zero attached hydrogens (tertiary/aromatic N) is 3. The molecule has 7 nitrogen and oxygen atoms in total. The van der Waals surface area contributed by atoms with Gasteiger partial charge in [-0.25, -0.2) is 0 Å². The van der Waals surface area contributed by atoms with Gasteiger partial charge in [-0.2, -0.15) is 0 Å². The van der Waals surface area contributed by atoms with Gasteiger partial charge in [-0.15, -0.1) is 10.2 Å². The maximum Gasteiger partial charge on any atom is 0.233 e. The zero-order valence-electron chi connectivity index (χ0n) is 18.8. The second kappa shape index (κ2) is 10.4. The molecular formula is C25H26N4O3S. The van der Waals surface area contributed by atoms with E-state index in [4.69, 9.17) is 9.15 Å². The van der Waals surface area contributed by atoms with Crippen molar-refractivity contribution in [3.63, 3.8) is 0 Å². The Morgan fingerprint density at radius 1 is 1.15 bits per heavy atom. The van der Waals surface area contributed by atoms with Gasteiger partial charge < -0.3 is 14.5 Å². The zero-order valence-corrected chi connectivity index (χ0v) is 19.6. The molecule has 0 aliphatic heterocycles. The highest BCUT2D eigenvalue weighted by atomic mass is 32.2. The van der Waals surface area contributed by atoms with Crippen molar-refractivity contribution in [3.05, 3.63) is 83.8 Å². The molecule has 0 spiro atoms. The summed E-state index contributed by atoms with van der Waals surface area (Å²) >= 11 is 1.38. The molecule has 0 radical (unpaired) electrons. The molecular weight excluding hydrogens is 436 g/mol. The van der Waals surface area contributed by atoms with Gasteiger partial charge in [-0.3, -0.25) is 9.36 Å². The minimum Gasteiger partial charge on any atom is -0.497 e. The van der Waals surface area contributed by atoms with Crippen LogP contribution in [0.5, 0.6) is 5.75 Å². The number of benzene rings is 2. The molecule has 0 bridgehead atoms. The van der Waals surface area contributed by atoms with E-state index in [0.717, 1.165) is 34.0 Å². The quantitative estimate of drug-likeness (QED) is 0.363. The number of nitrogens with one attached hydrogen (secondary N) is 1. The van der Waals surface area contributed by atoms with Gasteiger partial charge in [0.2, 0.25) is 5.91 Å². The van der Waals surface area contributed by atoms with E-state index >= 15 is 0 Å². The third-order valence-electron chi connectivity index (χ3n) is 5.16. The molecule has 2 aromatic heterocycles. The summed E-state index contributed by atoms with van der Waals surface area (Å²) in [7, 11) is 1.63. The molecule has 8 heteroatoms. The van der Waals surface area contributed by atoms with Crippen LogP contribution >= 0.6 is 11.8 Å². The standard InChI is InChI=1S/C25H26N4O3S/c1-17-6-4-7-20(14-17)23-27-28-25(29(23)16-22-8-5-13-32-22)33-18(2)24(30)26-15-19-9-11-21(31-3)12-10-19/h4-14,18H,15-16H2,1-3H3,(H,26,30)/t18-/m0/s1. The lowest BCUT2D eigenvalue weighted by Gasteiger charge is -2.13. The molecule has 1 N–H and O–H groups in total. The number of aromatic nitrogens is 3. The van der Waals surface area contributed by atoms with Crippen molar-refractivity contribution < 1.29 is 13.9 Å². The zero-order chi connectivity index (χ0) is 23.2. The number of hydrogen-bond acceptors (Lipinski definition) is 6. The first-order valence-corrected chi connectivity index (χ1v) is 11.5. The summed E-state index contributed by atoms with van der Waals surface area (Å²) in [6.45, 7) is 4.83. The molecule has 4 aromatic rings. The highest BCUT2D eigenvalue weighted by Crippen LogP contribution is 2.28. The number of carbonyl (C=O) groups is 1. The molecule has 0 aliphatic rings. The van der Waals surface area contributed by atoms with Gasteiger partial charge >= 0.3 is 0 Å². The number of amides is 1. The third-order valence-corrected chi connectivity index (χ3v) is 6.24. The minimum atomic E-state index is -0.354. The van der Waals surface area contributed by atoms with Crippen LogP contribution in [0.25, 0.3) is 11.4 Å². The predicted molar refractivity (Wildman–Crippen MR) is 128 cm³/mol. The second-order valence-corrected chi connectivity index (χ2v) is 8.98. The van der Waals surface area contributed by atoms with Crippen molar-refractivity contribution in [1.82, 2.24) is 20.1 Å². The Labute approximate surface area is 197 Å². The van der Waals surface area contributed by atoms with Gasteiger partial charge in [-0.05, 0) is 49.7 Å². The molecule has 170 valence electrons. The first kappa shape index (κ1) is 22.7. The van der Waals surface area contributed by atoms with E-state index in [1.807, 2.05) is 73.0 Å². The second-order valence-electron chi connectivity index (χ2n) is 7.67. The van der Waals surface area contributed by atoms with Crippen molar-refractivity contribution in [3.8, 4) is 17.1 Å². The lowest BCUT2D eigenvalue weighted by molar-refractivity contribution is -0.120. The van der Waals surface area contributed by atoms with Gasteiger partial charge in [0, 0.05) is 12.1 Å². The first-order chi connectivity index (χ1) is 16.0. The van der Waals surface area contributed by atoms with Crippen LogP contribution in [0, 0.1) is 6.92 Å². The highest BCUT2D eigenvalue weighted by molar-refractivity contribution is 8.00. The Hall–Kier alpha value is -3.52. The van der Waals surface area contributed by atoms with E-state index in [0.29, 0.717) is 18.2 Å². The lowest BCUT2D eigenvalue weighted by Crippen LogP contribution is -2.30. The summed E-state index contributed by atoms with van der Waals surface area (Å²) in [6.07, 6.45) is 1.65. The molecule has 1 amide bonds.